The molecule has 3 N–H and O–H groups in total. The van der Waals surface area contributed by atoms with Gasteiger partial charge < -0.3 is 20.4 Å². The molecule has 0 bridgehead atoms. The predicted octanol–water partition coefficient (Wildman–Crippen LogP) is 2.14. The van der Waals surface area contributed by atoms with Crippen molar-refractivity contribution in [3.63, 3.8) is 0 Å². The molecule has 0 saturated carbocycles. The van der Waals surface area contributed by atoms with Gasteiger partial charge in [0.2, 0.25) is 17.8 Å². The Kier molecular flexibility index (Phi) is 11.2. The van der Waals surface area contributed by atoms with Crippen LogP contribution in [0.1, 0.15) is 30.9 Å². The molecule has 2 aromatic rings. The standard InChI is InChI=1S/C29H35N9O2/c1-22(37(4)26(39)11-8-18-36(2)3)28(40)31-16-7-5-6-10-24-21-32-29(35-27(24)38-19-9-17-33-38)34-25-14-12-23(20-30)13-15-25/h8-9,11-15,19,21-22,33H,5,7,16-18H2,1-4H3,(H,31,40)(H,32,34,35)/b11-8+/t22-/m0/s1. The summed E-state index contributed by atoms with van der Waals surface area (Å²) in [5.74, 6) is 6.86. The second-order valence-corrected chi connectivity index (χ2v) is 9.35. The van der Waals surface area contributed by atoms with E-state index in [0.29, 0.717) is 55.4 Å². The van der Waals surface area contributed by atoms with E-state index in [1.165, 1.54) is 11.0 Å². The van der Waals surface area contributed by atoms with E-state index in [1.54, 1.807) is 55.5 Å². The molecule has 11 nitrogen and oxygen atoms in total. The number of nitrogens with one attached hydrogen (secondary N) is 3. The van der Waals surface area contributed by atoms with E-state index in [-0.39, 0.29) is 11.8 Å². The van der Waals surface area contributed by atoms with Gasteiger partial charge in [-0.3, -0.25) is 14.6 Å². The number of hydrazine groups is 1. The Hall–Kier alpha value is -4.71. The molecule has 1 aromatic heterocycles. The van der Waals surface area contributed by atoms with Crippen LogP contribution in [0.25, 0.3) is 0 Å². The van der Waals surface area contributed by atoms with Crippen LogP contribution in [0, 0.1) is 23.2 Å². The van der Waals surface area contributed by atoms with Crippen molar-refractivity contribution >= 4 is 29.3 Å². The quantitative estimate of drug-likeness (QED) is 0.223. The number of nitriles is 1. The highest BCUT2D eigenvalue weighted by Crippen LogP contribution is 2.21. The highest BCUT2D eigenvalue weighted by atomic mass is 16.2. The molecule has 0 aliphatic carbocycles. The van der Waals surface area contributed by atoms with E-state index in [2.05, 4.69) is 43.9 Å². The van der Waals surface area contributed by atoms with Crippen molar-refractivity contribution in [3.8, 4) is 17.9 Å². The van der Waals surface area contributed by atoms with Gasteiger partial charge in [-0.1, -0.05) is 24.0 Å². The second kappa shape index (κ2) is 15.0. The van der Waals surface area contributed by atoms with Crippen molar-refractivity contribution < 1.29 is 9.59 Å². The van der Waals surface area contributed by atoms with Gasteiger partial charge in [-0.15, -0.1) is 0 Å². The average molecular weight is 542 g/mol. The zero-order valence-electron chi connectivity index (χ0n) is 23.3. The Morgan fingerprint density at radius 1 is 1.25 bits per heavy atom. The third-order valence-corrected chi connectivity index (χ3v) is 5.94. The number of aromatic nitrogens is 2. The number of rotatable bonds is 11. The van der Waals surface area contributed by atoms with Gasteiger partial charge in [-0.2, -0.15) is 10.2 Å². The highest BCUT2D eigenvalue weighted by molar-refractivity contribution is 5.92. The molecule has 40 heavy (non-hydrogen) atoms. The summed E-state index contributed by atoms with van der Waals surface area (Å²) in [4.78, 5) is 37.1. The van der Waals surface area contributed by atoms with Gasteiger partial charge in [-0.25, -0.2) is 10.4 Å². The third-order valence-electron chi connectivity index (χ3n) is 5.94. The minimum atomic E-state index is -0.584. The lowest BCUT2D eigenvalue weighted by molar-refractivity contribution is -0.135. The highest BCUT2D eigenvalue weighted by Gasteiger charge is 2.20. The van der Waals surface area contributed by atoms with Crippen LogP contribution in [0.4, 0.5) is 17.5 Å². The van der Waals surface area contributed by atoms with E-state index in [1.807, 2.05) is 31.3 Å². The summed E-state index contributed by atoms with van der Waals surface area (Å²) in [6, 6.07) is 8.54. The average Bonchev–Trinajstić information content (AvgIpc) is 3.49. The van der Waals surface area contributed by atoms with Gasteiger partial charge in [-0.05, 0) is 51.7 Å². The molecule has 0 spiro atoms. The fourth-order valence-electron chi connectivity index (χ4n) is 3.51. The summed E-state index contributed by atoms with van der Waals surface area (Å²) in [6.07, 6.45) is 10.00. The SMILES string of the molecule is C[C@@H](C(=O)NCCCC#Cc1cnc(Nc2ccc(C#N)cc2)nc1N1C=CCN1)N(C)C(=O)/C=C/CN(C)C. The van der Waals surface area contributed by atoms with Crippen LogP contribution in [0.2, 0.25) is 0 Å². The van der Waals surface area contributed by atoms with Crippen LogP contribution < -0.4 is 21.1 Å². The maximum Gasteiger partial charge on any atom is 0.246 e. The Labute approximate surface area is 235 Å². The summed E-state index contributed by atoms with van der Waals surface area (Å²) < 4.78 is 0. The summed E-state index contributed by atoms with van der Waals surface area (Å²) >= 11 is 0. The van der Waals surface area contributed by atoms with E-state index >= 15 is 0 Å². The minimum Gasteiger partial charge on any atom is -0.354 e. The molecule has 1 aliphatic heterocycles. The Balaban J connectivity index is 1.53. The summed E-state index contributed by atoms with van der Waals surface area (Å²) in [7, 11) is 5.46. The van der Waals surface area contributed by atoms with E-state index in [9.17, 15) is 9.59 Å². The lowest BCUT2D eigenvalue weighted by atomic mass is 10.2. The molecule has 1 aliphatic rings. The number of hydrogen-bond acceptors (Lipinski definition) is 9. The van der Waals surface area contributed by atoms with Gasteiger partial charge in [0.05, 0.1) is 23.4 Å². The van der Waals surface area contributed by atoms with E-state index < -0.39 is 6.04 Å². The molecule has 0 unspecified atom stereocenters. The number of carbonyl (C=O) groups excluding carboxylic acids is 2. The molecule has 0 radical (unpaired) electrons. The predicted molar refractivity (Wildman–Crippen MR) is 155 cm³/mol. The van der Waals surface area contributed by atoms with Gasteiger partial charge >= 0.3 is 0 Å². The monoisotopic (exact) mass is 541 g/mol. The zero-order valence-corrected chi connectivity index (χ0v) is 23.3. The summed E-state index contributed by atoms with van der Waals surface area (Å²) in [6.45, 7) is 3.48. The lowest BCUT2D eigenvalue weighted by Gasteiger charge is -2.23. The Bertz CT molecular complexity index is 1330. The van der Waals surface area contributed by atoms with Crippen LogP contribution in [-0.2, 0) is 9.59 Å². The maximum absolute atomic E-state index is 12.5. The smallest absolute Gasteiger partial charge is 0.246 e. The summed E-state index contributed by atoms with van der Waals surface area (Å²) in [5, 5.41) is 16.8. The van der Waals surface area contributed by atoms with Crippen molar-refractivity contribution in [1.82, 2.24) is 30.5 Å². The van der Waals surface area contributed by atoms with Crippen molar-refractivity contribution in [1.29, 1.82) is 5.26 Å². The minimum absolute atomic E-state index is 0.210. The van der Waals surface area contributed by atoms with Gasteiger partial charge in [0, 0.05) is 51.1 Å². The molecule has 2 heterocycles. The topological polar surface area (TPSA) is 130 Å². The van der Waals surface area contributed by atoms with Gasteiger partial charge in [0.1, 0.15) is 6.04 Å². The molecule has 208 valence electrons. The third kappa shape index (κ3) is 8.95. The second-order valence-electron chi connectivity index (χ2n) is 9.35. The molecule has 0 fully saturated rings. The first-order chi connectivity index (χ1) is 19.3. The van der Waals surface area contributed by atoms with E-state index in [0.717, 1.165) is 5.69 Å². The molecule has 11 heteroatoms. The van der Waals surface area contributed by atoms with Crippen LogP contribution in [0.15, 0.2) is 54.9 Å². The number of amides is 2. The van der Waals surface area contributed by atoms with Crippen LogP contribution in [0.3, 0.4) is 0 Å². The zero-order chi connectivity index (χ0) is 28.9. The first-order valence-electron chi connectivity index (χ1n) is 13.0. The number of benzene rings is 1. The number of unbranched alkanes of at least 4 members (excludes halogenated alkanes) is 1. The van der Waals surface area contributed by atoms with Gasteiger partial charge in [0.15, 0.2) is 5.82 Å². The number of carbonyl (C=O) groups is 2. The van der Waals surface area contributed by atoms with E-state index in [4.69, 9.17) is 5.26 Å². The van der Waals surface area contributed by atoms with Crippen molar-refractivity contribution in [3.05, 3.63) is 66.0 Å². The lowest BCUT2D eigenvalue weighted by Crippen LogP contribution is -2.45. The first kappa shape index (κ1) is 29.8. The fraction of sp³-hybridized carbons (Fsp3) is 0.345. The van der Waals surface area contributed by atoms with Crippen LogP contribution >= 0.6 is 0 Å². The molecule has 0 saturated heterocycles. The van der Waals surface area contributed by atoms with Gasteiger partial charge in [0.25, 0.3) is 0 Å². The normalized spacial score (nSPS) is 13.1. The Morgan fingerprint density at radius 2 is 2.02 bits per heavy atom. The van der Waals surface area contributed by atoms with Crippen LogP contribution in [0.5, 0.6) is 0 Å². The molecular weight excluding hydrogens is 506 g/mol. The largest absolute Gasteiger partial charge is 0.354 e. The summed E-state index contributed by atoms with van der Waals surface area (Å²) in [5.41, 5.74) is 5.20. The Morgan fingerprint density at radius 3 is 2.70 bits per heavy atom. The van der Waals surface area contributed by atoms with Crippen molar-refractivity contribution in [2.75, 3.05) is 51.1 Å². The fourth-order valence-corrected chi connectivity index (χ4v) is 3.51. The van der Waals surface area contributed by atoms with Crippen molar-refractivity contribution in [2.45, 2.75) is 25.8 Å². The van der Waals surface area contributed by atoms with Crippen LogP contribution in [-0.4, -0.2) is 78.4 Å². The number of hydrogen-bond donors (Lipinski definition) is 3. The maximum atomic E-state index is 12.5. The molecular formula is C29H35N9O2. The van der Waals surface area contributed by atoms with Crippen molar-refractivity contribution in [2.24, 2.45) is 0 Å². The molecule has 1 atom stereocenters. The molecule has 3 rings (SSSR count). The number of nitrogens with zero attached hydrogens (tertiary/aromatic N) is 6. The molecule has 1 aromatic carbocycles. The number of likely N-dealkylation sites (N-methyl/N-ethyl adjacent to an activating group) is 2. The number of anilines is 3. The molecule has 2 amide bonds. The first-order valence-corrected chi connectivity index (χ1v) is 13.0.